The van der Waals surface area contributed by atoms with Crippen molar-refractivity contribution in [3.63, 3.8) is 0 Å². The van der Waals surface area contributed by atoms with Gasteiger partial charge in [-0.1, -0.05) is 24.3 Å². The summed E-state index contributed by atoms with van der Waals surface area (Å²) in [6.45, 7) is 3.62. The van der Waals surface area contributed by atoms with Crippen LogP contribution in [0.15, 0.2) is 42.5 Å². The van der Waals surface area contributed by atoms with E-state index in [4.69, 9.17) is 20.9 Å². The standard InChI is InChI=1S/C26H30FN5O4/c1-15(17-9-11-36-12-10-17)32-24(28)22(25(29)33)23(31-32)18-5-3-16(4-6-18)14-30-26(34)20-13-19(27)7-8-21(20)35-2/h3-8,13,15,17H,9-12,14,28H2,1-2H3,(H2,29,33)(H,30,34)/t15-/m1/s1. The lowest BCUT2D eigenvalue weighted by Crippen LogP contribution is -2.26. The Balaban J connectivity index is 1.52. The first-order valence-corrected chi connectivity index (χ1v) is 11.8. The monoisotopic (exact) mass is 495 g/mol. The van der Waals surface area contributed by atoms with Crippen LogP contribution in [0.2, 0.25) is 0 Å². The number of carbonyl (C=O) groups excluding carboxylic acids is 2. The number of anilines is 1. The van der Waals surface area contributed by atoms with Crippen molar-refractivity contribution in [2.24, 2.45) is 11.7 Å². The lowest BCUT2D eigenvalue weighted by molar-refractivity contribution is 0.0499. The molecule has 1 saturated heterocycles. The lowest BCUT2D eigenvalue weighted by atomic mass is 9.93. The molecule has 0 spiro atoms. The van der Waals surface area contributed by atoms with E-state index >= 15 is 0 Å². The topological polar surface area (TPSA) is 134 Å². The van der Waals surface area contributed by atoms with Crippen molar-refractivity contribution in [1.29, 1.82) is 0 Å². The number of nitrogens with one attached hydrogen (secondary N) is 1. The highest BCUT2D eigenvalue weighted by Crippen LogP contribution is 2.34. The van der Waals surface area contributed by atoms with Crippen LogP contribution in [-0.2, 0) is 11.3 Å². The van der Waals surface area contributed by atoms with Crippen molar-refractivity contribution in [1.82, 2.24) is 15.1 Å². The van der Waals surface area contributed by atoms with Crippen molar-refractivity contribution in [2.75, 3.05) is 26.1 Å². The molecule has 0 bridgehead atoms. The number of rotatable bonds is 8. The number of halogens is 1. The predicted molar refractivity (Wildman–Crippen MR) is 133 cm³/mol. The van der Waals surface area contributed by atoms with E-state index in [1.807, 2.05) is 6.92 Å². The number of benzene rings is 2. The van der Waals surface area contributed by atoms with Crippen LogP contribution in [0, 0.1) is 11.7 Å². The third-order valence-electron chi connectivity index (χ3n) is 6.61. The molecule has 1 aliphatic rings. The van der Waals surface area contributed by atoms with Gasteiger partial charge in [-0.05, 0) is 49.4 Å². The molecular weight excluding hydrogens is 465 g/mol. The van der Waals surface area contributed by atoms with E-state index in [1.165, 1.54) is 19.2 Å². The molecule has 2 heterocycles. The van der Waals surface area contributed by atoms with Gasteiger partial charge < -0.3 is 26.3 Å². The molecule has 5 N–H and O–H groups in total. The largest absolute Gasteiger partial charge is 0.496 e. The van der Waals surface area contributed by atoms with Crippen LogP contribution in [0.25, 0.3) is 11.3 Å². The first-order chi connectivity index (χ1) is 17.3. The molecule has 190 valence electrons. The first kappa shape index (κ1) is 25.2. The number of ether oxygens (including phenoxy) is 2. The number of hydrogen-bond acceptors (Lipinski definition) is 6. The van der Waals surface area contributed by atoms with Gasteiger partial charge in [-0.3, -0.25) is 9.59 Å². The van der Waals surface area contributed by atoms with Gasteiger partial charge in [0.2, 0.25) is 0 Å². The molecule has 10 heteroatoms. The molecule has 36 heavy (non-hydrogen) atoms. The van der Waals surface area contributed by atoms with Crippen molar-refractivity contribution < 1.29 is 23.5 Å². The van der Waals surface area contributed by atoms with Crippen molar-refractivity contribution in [3.8, 4) is 17.0 Å². The van der Waals surface area contributed by atoms with Crippen LogP contribution in [0.5, 0.6) is 5.75 Å². The second-order valence-corrected chi connectivity index (χ2v) is 8.83. The SMILES string of the molecule is COc1ccc(F)cc1C(=O)NCc1ccc(-c2nn([C@H](C)C3CCOCC3)c(N)c2C(N)=O)cc1. The molecule has 0 unspecified atom stereocenters. The molecule has 1 atom stereocenters. The number of nitrogen functional groups attached to an aromatic ring is 1. The van der Waals surface area contributed by atoms with E-state index < -0.39 is 17.6 Å². The number of methoxy groups -OCH3 is 1. The second-order valence-electron chi connectivity index (χ2n) is 8.83. The zero-order valence-corrected chi connectivity index (χ0v) is 20.3. The number of nitrogens with zero attached hydrogens (tertiary/aromatic N) is 2. The molecule has 1 fully saturated rings. The summed E-state index contributed by atoms with van der Waals surface area (Å²) in [5.74, 6) is -0.769. The summed E-state index contributed by atoms with van der Waals surface area (Å²) in [5, 5.41) is 7.44. The van der Waals surface area contributed by atoms with Gasteiger partial charge in [-0.25, -0.2) is 9.07 Å². The minimum absolute atomic E-state index is 0.0185. The number of nitrogens with two attached hydrogens (primary N) is 2. The highest BCUT2D eigenvalue weighted by molar-refractivity contribution is 6.03. The normalized spacial score (nSPS) is 14.9. The zero-order valence-electron chi connectivity index (χ0n) is 20.3. The summed E-state index contributed by atoms with van der Waals surface area (Å²) in [6, 6.07) is 10.9. The summed E-state index contributed by atoms with van der Waals surface area (Å²) in [4.78, 5) is 24.8. The predicted octanol–water partition coefficient (Wildman–Crippen LogP) is 3.30. The van der Waals surface area contributed by atoms with Gasteiger partial charge in [0.25, 0.3) is 11.8 Å². The summed E-state index contributed by atoms with van der Waals surface area (Å²) in [5.41, 5.74) is 14.2. The molecule has 0 saturated carbocycles. The molecule has 1 aromatic heterocycles. The Morgan fingerprint density at radius 3 is 2.56 bits per heavy atom. The first-order valence-electron chi connectivity index (χ1n) is 11.8. The number of hydrogen-bond donors (Lipinski definition) is 3. The summed E-state index contributed by atoms with van der Waals surface area (Å²) < 4.78 is 25.9. The van der Waals surface area contributed by atoms with Gasteiger partial charge >= 0.3 is 0 Å². The quantitative estimate of drug-likeness (QED) is 0.439. The zero-order chi connectivity index (χ0) is 25.8. The molecule has 0 radical (unpaired) electrons. The van der Waals surface area contributed by atoms with Gasteiger partial charge in [0, 0.05) is 25.3 Å². The van der Waals surface area contributed by atoms with Gasteiger partial charge in [0.15, 0.2) is 0 Å². The molecule has 1 aliphatic heterocycles. The van der Waals surface area contributed by atoms with Crippen molar-refractivity contribution in [3.05, 3.63) is 65.0 Å². The number of amides is 2. The van der Waals surface area contributed by atoms with Crippen LogP contribution in [0.1, 0.15) is 52.1 Å². The maximum Gasteiger partial charge on any atom is 0.255 e. The van der Waals surface area contributed by atoms with E-state index in [0.29, 0.717) is 30.4 Å². The van der Waals surface area contributed by atoms with Crippen LogP contribution in [0.4, 0.5) is 10.2 Å². The average molecular weight is 496 g/mol. The van der Waals surface area contributed by atoms with E-state index in [1.54, 1.807) is 28.9 Å². The van der Waals surface area contributed by atoms with Crippen molar-refractivity contribution >= 4 is 17.6 Å². The second kappa shape index (κ2) is 10.8. The van der Waals surface area contributed by atoms with Crippen LogP contribution >= 0.6 is 0 Å². The van der Waals surface area contributed by atoms with Crippen LogP contribution < -0.4 is 21.5 Å². The maximum atomic E-state index is 13.6. The van der Waals surface area contributed by atoms with E-state index in [9.17, 15) is 14.0 Å². The number of primary amides is 1. The fourth-order valence-electron chi connectivity index (χ4n) is 4.52. The van der Waals surface area contributed by atoms with Gasteiger partial charge in [0.1, 0.15) is 28.6 Å². The Kier molecular flexibility index (Phi) is 7.54. The fourth-order valence-corrected chi connectivity index (χ4v) is 4.52. The Bertz CT molecular complexity index is 1250. The molecule has 2 amide bonds. The summed E-state index contributed by atoms with van der Waals surface area (Å²) in [6.07, 6.45) is 1.78. The third-order valence-corrected chi connectivity index (χ3v) is 6.61. The van der Waals surface area contributed by atoms with Crippen LogP contribution in [-0.4, -0.2) is 41.9 Å². The Labute approximate surface area is 208 Å². The van der Waals surface area contributed by atoms with Crippen molar-refractivity contribution in [2.45, 2.75) is 32.4 Å². The lowest BCUT2D eigenvalue weighted by Gasteiger charge is -2.28. The minimum Gasteiger partial charge on any atom is -0.496 e. The minimum atomic E-state index is -0.645. The molecular formula is C26H30FN5O4. The molecule has 3 aromatic rings. The molecule has 2 aromatic carbocycles. The van der Waals surface area contributed by atoms with Gasteiger partial charge in [-0.2, -0.15) is 5.10 Å². The smallest absolute Gasteiger partial charge is 0.255 e. The third kappa shape index (κ3) is 5.18. The highest BCUT2D eigenvalue weighted by Gasteiger charge is 2.28. The molecule has 9 nitrogen and oxygen atoms in total. The van der Waals surface area contributed by atoms with Gasteiger partial charge in [0.05, 0.1) is 18.7 Å². The number of aromatic nitrogens is 2. The average Bonchev–Trinajstić information content (AvgIpc) is 3.24. The fraction of sp³-hybridized carbons (Fsp3) is 0.346. The maximum absolute atomic E-state index is 13.6. The summed E-state index contributed by atoms with van der Waals surface area (Å²) in [7, 11) is 1.42. The van der Waals surface area contributed by atoms with E-state index in [2.05, 4.69) is 10.4 Å². The Morgan fingerprint density at radius 1 is 1.22 bits per heavy atom. The highest BCUT2D eigenvalue weighted by atomic mass is 19.1. The summed E-state index contributed by atoms with van der Waals surface area (Å²) >= 11 is 0. The van der Waals surface area contributed by atoms with E-state index in [0.717, 1.165) is 24.5 Å². The Hall–Kier alpha value is -3.92. The number of carbonyl (C=O) groups is 2. The van der Waals surface area contributed by atoms with Gasteiger partial charge in [-0.15, -0.1) is 0 Å². The molecule has 0 aliphatic carbocycles. The van der Waals surface area contributed by atoms with E-state index in [-0.39, 0.29) is 35.3 Å². The molecule has 4 rings (SSSR count). The Morgan fingerprint density at radius 2 is 1.92 bits per heavy atom. The van der Waals surface area contributed by atoms with Crippen LogP contribution in [0.3, 0.4) is 0 Å².